The Labute approximate surface area is 144 Å². The fourth-order valence-electron chi connectivity index (χ4n) is 2.06. The third kappa shape index (κ3) is 3.64. The normalized spacial score (nSPS) is 14.5. The van der Waals surface area contributed by atoms with Crippen molar-refractivity contribution in [2.75, 3.05) is 12.1 Å². The van der Waals surface area contributed by atoms with Gasteiger partial charge in [-0.3, -0.25) is 9.89 Å². The van der Waals surface area contributed by atoms with Gasteiger partial charge < -0.3 is 14.8 Å². The summed E-state index contributed by atoms with van der Waals surface area (Å²) in [6, 6.07) is 5.32. The first kappa shape index (κ1) is 16.6. The summed E-state index contributed by atoms with van der Waals surface area (Å²) in [5.74, 6) is 2.00. The Morgan fingerprint density at radius 2 is 2.08 bits per heavy atom. The Morgan fingerprint density at radius 3 is 2.79 bits per heavy atom. The first-order valence-electron chi connectivity index (χ1n) is 7.63. The number of fused-ring (bicyclic) bond motifs is 1. The number of hydrogen-bond donors (Lipinski definition) is 2. The van der Waals surface area contributed by atoms with Crippen LogP contribution in [0.2, 0.25) is 0 Å². The zero-order chi connectivity index (χ0) is 17.3. The van der Waals surface area contributed by atoms with E-state index in [0.717, 1.165) is 5.82 Å². The predicted molar refractivity (Wildman–Crippen MR) is 91.6 cm³/mol. The van der Waals surface area contributed by atoms with E-state index in [-0.39, 0.29) is 23.4 Å². The molecular formula is C16H20N4O3S. The van der Waals surface area contributed by atoms with Crippen molar-refractivity contribution in [3.8, 4) is 11.5 Å². The number of carbonyl (C=O) groups excluding carboxylic acids is 1. The number of ether oxygens (including phenoxy) is 2. The minimum absolute atomic E-state index is 0.107. The lowest BCUT2D eigenvalue weighted by atomic mass is 9.96. The van der Waals surface area contributed by atoms with E-state index >= 15 is 0 Å². The van der Waals surface area contributed by atoms with Crippen molar-refractivity contribution in [1.82, 2.24) is 15.2 Å². The van der Waals surface area contributed by atoms with E-state index in [2.05, 4.69) is 41.3 Å². The van der Waals surface area contributed by atoms with Gasteiger partial charge in [0.1, 0.15) is 5.82 Å². The van der Waals surface area contributed by atoms with Crippen LogP contribution in [0.25, 0.3) is 0 Å². The quantitative estimate of drug-likeness (QED) is 0.826. The van der Waals surface area contributed by atoms with Crippen LogP contribution in [0.15, 0.2) is 23.4 Å². The van der Waals surface area contributed by atoms with Crippen LogP contribution in [0.3, 0.4) is 0 Å². The standard InChI is InChI=1S/C16H20N4O3S/c1-9(24-15-18-14(19-20-15)16(2,3)4)13(21)17-10-5-6-11-12(7-10)23-8-22-11/h5-7,9H,8H2,1-4H3,(H,17,21)(H,18,19,20). The Balaban J connectivity index is 1.61. The third-order valence-electron chi connectivity index (χ3n) is 3.47. The lowest BCUT2D eigenvalue weighted by Gasteiger charge is -2.13. The van der Waals surface area contributed by atoms with Crippen LogP contribution in [-0.4, -0.2) is 33.1 Å². The Morgan fingerprint density at radius 1 is 1.33 bits per heavy atom. The Bertz CT molecular complexity index is 754. The molecule has 0 saturated heterocycles. The monoisotopic (exact) mass is 348 g/mol. The number of hydrogen-bond acceptors (Lipinski definition) is 6. The molecule has 1 aromatic carbocycles. The summed E-state index contributed by atoms with van der Waals surface area (Å²) in [5, 5.41) is 10.2. The van der Waals surface area contributed by atoms with Crippen molar-refractivity contribution < 1.29 is 14.3 Å². The third-order valence-corrected chi connectivity index (χ3v) is 4.43. The lowest BCUT2D eigenvalue weighted by Crippen LogP contribution is -2.22. The molecule has 0 spiro atoms. The van der Waals surface area contributed by atoms with Gasteiger partial charge in [-0.25, -0.2) is 4.98 Å². The van der Waals surface area contributed by atoms with Gasteiger partial charge in [0, 0.05) is 17.2 Å². The van der Waals surface area contributed by atoms with E-state index in [9.17, 15) is 4.79 Å². The van der Waals surface area contributed by atoms with Crippen molar-refractivity contribution >= 4 is 23.4 Å². The lowest BCUT2D eigenvalue weighted by molar-refractivity contribution is -0.115. The topological polar surface area (TPSA) is 89.1 Å². The highest BCUT2D eigenvalue weighted by atomic mass is 32.2. The van der Waals surface area contributed by atoms with Crippen LogP contribution in [0.5, 0.6) is 11.5 Å². The Hall–Kier alpha value is -2.22. The number of amides is 1. The Kier molecular flexibility index (Phi) is 4.40. The molecule has 2 aromatic rings. The second-order valence-electron chi connectivity index (χ2n) is 6.53. The number of nitrogens with zero attached hydrogens (tertiary/aromatic N) is 2. The van der Waals surface area contributed by atoms with Gasteiger partial charge in [0.15, 0.2) is 11.5 Å². The molecular weight excluding hydrogens is 328 g/mol. The van der Waals surface area contributed by atoms with Crippen LogP contribution >= 0.6 is 11.8 Å². The highest BCUT2D eigenvalue weighted by Gasteiger charge is 2.22. The van der Waals surface area contributed by atoms with Gasteiger partial charge in [0.05, 0.1) is 5.25 Å². The molecule has 1 aromatic heterocycles. The number of rotatable bonds is 4. The maximum Gasteiger partial charge on any atom is 0.237 e. The fraction of sp³-hybridized carbons (Fsp3) is 0.438. The van der Waals surface area contributed by atoms with Gasteiger partial charge in [-0.05, 0) is 19.1 Å². The first-order valence-corrected chi connectivity index (χ1v) is 8.51. The summed E-state index contributed by atoms with van der Waals surface area (Å²) in [4.78, 5) is 16.8. The highest BCUT2D eigenvalue weighted by Crippen LogP contribution is 2.34. The molecule has 0 aliphatic carbocycles. The van der Waals surface area contributed by atoms with Crippen LogP contribution in [0, 0.1) is 0 Å². The van der Waals surface area contributed by atoms with Gasteiger partial charge in [-0.15, -0.1) is 5.10 Å². The molecule has 24 heavy (non-hydrogen) atoms. The second kappa shape index (κ2) is 6.35. The van der Waals surface area contributed by atoms with Crippen molar-refractivity contribution in [3.63, 3.8) is 0 Å². The maximum atomic E-state index is 12.4. The van der Waals surface area contributed by atoms with E-state index in [1.807, 2.05) is 6.92 Å². The fourth-order valence-corrected chi connectivity index (χ4v) is 2.79. The largest absolute Gasteiger partial charge is 0.454 e. The van der Waals surface area contributed by atoms with E-state index in [1.54, 1.807) is 18.2 Å². The molecule has 0 bridgehead atoms. The molecule has 1 atom stereocenters. The van der Waals surface area contributed by atoms with Crippen molar-refractivity contribution in [2.45, 2.75) is 43.5 Å². The van der Waals surface area contributed by atoms with Crippen molar-refractivity contribution in [3.05, 3.63) is 24.0 Å². The van der Waals surface area contributed by atoms with Gasteiger partial charge >= 0.3 is 0 Å². The van der Waals surface area contributed by atoms with E-state index in [0.29, 0.717) is 22.3 Å². The summed E-state index contributed by atoms with van der Waals surface area (Å²) in [6.07, 6.45) is 0. The minimum Gasteiger partial charge on any atom is -0.454 e. The number of carbonyl (C=O) groups is 1. The molecule has 128 valence electrons. The molecule has 1 aliphatic heterocycles. The summed E-state index contributed by atoms with van der Waals surface area (Å²) >= 11 is 1.31. The molecule has 8 heteroatoms. The molecule has 1 unspecified atom stereocenters. The maximum absolute atomic E-state index is 12.4. The summed E-state index contributed by atoms with van der Waals surface area (Å²) in [6.45, 7) is 8.19. The molecule has 1 amide bonds. The van der Waals surface area contributed by atoms with E-state index in [4.69, 9.17) is 9.47 Å². The molecule has 1 aliphatic rings. The van der Waals surface area contributed by atoms with Crippen LogP contribution < -0.4 is 14.8 Å². The molecule has 0 radical (unpaired) electrons. The van der Waals surface area contributed by atoms with Gasteiger partial charge in [-0.1, -0.05) is 32.5 Å². The average molecular weight is 348 g/mol. The molecule has 7 nitrogen and oxygen atoms in total. The molecule has 0 fully saturated rings. The molecule has 0 saturated carbocycles. The second-order valence-corrected chi connectivity index (χ2v) is 7.84. The van der Waals surface area contributed by atoms with Crippen molar-refractivity contribution in [2.24, 2.45) is 0 Å². The summed E-state index contributed by atoms with van der Waals surface area (Å²) in [5.41, 5.74) is 0.561. The van der Waals surface area contributed by atoms with Crippen molar-refractivity contribution in [1.29, 1.82) is 0 Å². The van der Waals surface area contributed by atoms with Gasteiger partial charge in [0.2, 0.25) is 17.9 Å². The number of nitrogens with one attached hydrogen (secondary N) is 2. The average Bonchev–Trinajstić information content (AvgIpc) is 3.14. The summed E-state index contributed by atoms with van der Waals surface area (Å²) in [7, 11) is 0. The summed E-state index contributed by atoms with van der Waals surface area (Å²) < 4.78 is 10.6. The number of thioether (sulfide) groups is 1. The highest BCUT2D eigenvalue weighted by molar-refractivity contribution is 8.00. The number of aromatic amines is 1. The number of benzene rings is 1. The predicted octanol–water partition coefficient (Wildman–Crippen LogP) is 2.95. The SMILES string of the molecule is CC(Sc1n[nH]c(C(C)(C)C)n1)C(=O)Nc1ccc2c(c1)OCO2. The number of anilines is 1. The zero-order valence-corrected chi connectivity index (χ0v) is 14.9. The van der Waals surface area contributed by atoms with Crippen LogP contribution in [-0.2, 0) is 10.2 Å². The molecule has 2 N–H and O–H groups in total. The first-order chi connectivity index (χ1) is 11.3. The molecule has 3 rings (SSSR count). The van der Waals surface area contributed by atoms with Gasteiger partial charge in [0.25, 0.3) is 0 Å². The zero-order valence-electron chi connectivity index (χ0n) is 14.0. The minimum atomic E-state index is -0.334. The smallest absolute Gasteiger partial charge is 0.237 e. The van der Waals surface area contributed by atoms with Crippen LogP contribution in [0.1, 0.15) is 33.5 Å². The number of H-pyrrole nitrogens is 1. The number of aromatic nitrogens is 3. The molecule has 2 heterocycles. The van der Waals surface area contributed by atoms with Gasteiger partial charge in [-0.2, -0.15) is 0 Å². The van der Waals surface area contributed by atoms with Crippen LogP contribution in [0.4, 0.5) is 5.69 Å². The van der Waals surface area contributed by atoms with E-state index < -0.39 is 0 Å². The van der Waals surface area contributed by atoms with E-state index in [1.165, 1.54) is 11.8 Å².